The minimum absolute atomic E-state index is 0.301. The van der Waals surface area contributed by atoms with Crippen LogP contribution >= 0.6 is 11.3 Å². The Bertz CT molecular complexity index is 951. The molecule has 0 radical (unpaired) electrons. The summed E-state index contributed by atoms with van der Waals surface area (Å²) in [5.41, 5.74) is 2.96. The van der Waals surface area contributed by atoms with Crippen molar-refractivity contribution in [2.75, 3.05) is 26.6 Å². The van der Waals surface area contributed by atoms with Crippen molar-refractivity contribution in [2.45, 2.75) is 6.92 Å². The van der Waals surface area contributed by atoms with Gasteiger partial charge in [0.05, 0.1) is 37.6 Å². The fourth-order valence-corrected chi connectivity index (χ4v) is 3.25. The van der Waals surface area contributed by atoms with Crippen molar-refractivity contribution in [1.29, 1.82) is 0 Å². The van der Waals surface area contributed by atoms with Crippen LogP contribution in [0, 0.1) is 6.92 Å². The van der Waals surface area contributed by atoms with Crippen LogP contribution in [0.2, 0.25) is 0 Å². The third-order valence-corrected chi connectivity index (χ3v) is 4.78. The average Bonchev–Trinajstić information content (AvgIpc) is 3.13. The van der Waals surface area contributed by atoms with Gasteiger partial charge in [-0.3, -0.25) is 4.79 Å². The summed E-state index contributed by atoms with van der Waals surface area (Å²) < 4.78 is 15.8. The lowest BCUT2D eigenvalue weighted by Gasteiger charge is -2.14. The largest absolute Gasteiger partial charge is 0.496 e. The highest BCUT2D eigenvalue weighted by Crippen LogP contribution is 2.35. The number of ether oxygens (including phenoxy) is 3. The number of hydrogen-bond donors (Lipinski definition) is 1. The smallest absolute Gasteiger partial charge is 0.259 e. The van der Waals surface area contributed by atoms with Crippen LogP contribution in [0.25, 0.3) is 11.3 Å². The van der Waals surface area contributed by atoms with E-state index in [-0.39, 0.29) is 5.91 Å². The zero-order valence-electron chi connectivity index (χ0n) is 15.5. The topological polar surface area (TPSA) is 69.7 Å². The van der Waals surface area contributed by atoms with Gasteiger partial charge in [0, 0.05) is 28.8 Å². The maximum absolute atomic E-state index is 12.7. The van der Waals surface area contributed by atoms with E-state index in [2.05, 4.69) is 10.3 Å². The van der Waals surface area contributed by atoms with Crippen molar-refractivity contribution in [2.24, 2.45) is 0 Å². The van der Waals surface area contributed by atoms with Gasteiger partial charge < -0.3 is 19.5 Å². The third-order valence-electron chi connectivity index (χ3n) is 4.01. The van der Waals surface area contributed by atoms with Crippen LogP contribution in [0.1, 0.15) is 15.4 Å². The van der Waals surface area contributed by atoms with E-state index in [1.54, 1.807) is 23.5 Å². The van der Waals surface area contributed by atoms with E-state index < -0.39 is 0 Å². The van der Waals surface area contributed by atoms with E-state index in [0.29, 0.717) is 28.5 Å². The number of benzene rings is 2. The average molecular weight is 384 g/mol. The van der Waals surface area contributed by atoms with E-state index in [4.69, 9.17) is 14.2 Å². The van der Waals surface area contributed by atoms with Crippen LogP contribution in [0.15, 0.2) is 41.8 Å². The lowest BCUT2D eigenvalue weighted by Crippen LogP contribution is -2.13. The summed E-state index contributed by atoms with van der Waals surface area (Å²) in [6.07, 6.45) is 0. The number of carbonyl (C=O) groups is 1. The molecule has 1 N–H and O–H groups in total. The Kier molecular flexibility index (Phi) is 5.61. The number of methoxy groups -OCH3 is 3. The minimum Gasteiger partial charge on any atom is -0.496 e. The molecule has 140 valence electrons. The Morgan fingerprint density at radius 3 is 2.15 bits per heavy atom. The van der Waals surface area contributed by atoms with Crippen LogP contribution in [0.3, 0.4) is 0 Å². The van der Waals surface area contributed by atoms with Crippen molar-refractivity contribution in [1.82, 2.24) is 4.98 Å². The maximum Gasteiger partial charge on any atom is 0.259 e. The molecule has 3 aromatic rings. The predicted octanol–water partition coefficient (Wildman–Crippen LogP) is 4.40. The summed E-state index contributed by atoms with van der Waals surface area (Å²) in [7, 11) is 4.55. The summed E-state index contributed by atoms with van der Waals surface area (Å²) >= 11 is 1.61. The third kappa shape index (κ3) is 4.03. The van der Waals surface area contributed by atoms with Crippen LogP contribution in [-0.2, 0) is 0 Å². The van der Waals surface area contributed by atoms with Gasteiger partial charge in [0.25, 0.3) is 5.91 Å². The van der Waals surface area contributed by atoms with Crippen LogP contribution in [0.5, 0.6) is 17.2 Å². The zero-order chi connectivity index (χ0) is 19.4. The van der Waals surface area contributed by atoms with E-state index in [0.717, 1.165) is 16.3 Å². The lowest BCUT2D eigenvalue weighted by molar-refractivity contribution is 0.102. The van der Waals surface area contributed by atoms with E-state index >= 15 is 0 Å². The first kappa shape index (κ1) is 18.7. The fourth-order valence-electron chi connectivity index (χ4n) is 2.63. The minimum atomic E-state index is -0.301. The Hall–Kier alpha value is -3.06. The molecule has 6 nitrogen and oxygen atoms in total. The first-order chi connectivity index (χ1) is 13.0. The molecule has 0 saturated heterocycles. The maximum atomic E-state index is 12.7. The SMILES string of the molecule is COc1cc(OC)c(C(=O)Nc2ccc(-c3csc(C)n3)cc2)cc1OC. The summed E-state index contributed by atoms with van der Waals surface area (Å²) in [6, 6.07) is 10.8. The molecule has 1 amide bonds. The number of nitrogens with one attached hydrogen (secondary N) is 1. The summed E-state index contributed by atoms with van der Waals surface area (Å²) in [5.74, 6) is 1.05. The van der Waals surface area contributed by atoms with Crippen molar-refractivity contribution in [3.63, 3.8) is 0 Å². The van der Waals surface area contributed by atoms with Gasteiger partial charge in [-0.2, -0.15) is 0 Å². The fraction of sp³-hybridized carbons (Fsp3) is 0.200. The van der Waals surface area contributed by atoms with E-state index in [1.807, 2.05) is 36.6 Å². The molecule has 1 heterocycles. The Morgan fingerprint density at radius 2 is 1.59 bits per heavy atom. The Labute approximate surface area is 161 Å². The molecule has 7 heteroatoms. The summed E-state index contributed by atoms with van der Waals surface area (Å²) in [4.78, 5) is 17.2. The Morgan fingerprint density at radius 1 is 0.963 bits per heavy atom. The molecular formula is C20H20N2O4S. The molecule has 3 rings (SSSR count). The second-order valence-electron chi connectivity index (χ2n) is 5.69. The van der Waals surface area contributed by atoms with Gasteiger partial charge in [-0.1, -0.05) is 12.1 Å². The monoisotopic (exact) mass is 384 g/mol. The molecule has 0 aliphatic rings. The van der Waals surface area contributed by atoms with E-state index in [9.17, 15) is 4.79 Å². The summed E-state index contributed by atoms with van der Waals surface area (Å²) in [6.45, 7) is 1.97. The van der Waals surface area contributed by atoms with Gasteiger partial charge in [-0.15, -0.1) is 11.3 Å². The molecule has 1 aromatic heterocycles. The quantitative estimate of drug-likeness (QED) is 0.682. The summed E-state index contributed by atoms with van der Waals surface area (Å²) in [5, 5.41) is 5.90. The molecule has 0 aliphatic carbocycles. The number of thiazole rings is 1. The van der Waals surface area contributed by atoms with Crippen LogP contribution in [0.4, 0.5) is 5.69 Å². The number of nitrogens with zero attached hydrogens (tertiary/aromatic N) is 1. The van der Waals surface area contributed by atoms with Gasteiger partial charge in [-0.25, -0.2) is 4.98 Å². The predicted molar refractivity (Wildman–Crippen MR) is 106 cm³/mol. The van der Waals surface area contributed by atoms with Gasteiger partial charge in [0.2, 0.25) is 0 Å². The molecule has 2 aromatic carbocycles. The number of hydrogen-bond acceptors (Lipinski definition) is 6. The van der Waals surface area contributed by atoms with E-state index in [1.165, 1.54) is 21.3 Å². The van der Waals surface area contributed by atoms with Crippen molar-refractivity contribution in [3.05, 3.63) is 52.3 Å². The lowest BCUT2D eigenvalue weighted by atomic mass is 10.1. The highest BCUT2D eigenvalue weighted by atomic mass is 32.1. The number of carbonyl (C=O) groups excluding carboxylic acids is 1. The molecule has 0 unspecified atom stereocenters. The molecule has 0 spiro atoms. The molecule has 0 bridgehead atoms. The highest BCUT2D eigenvalue weighted by molar-refractivity contribution is 7.09. The standard InChI is InChI=1S/C20H20N2O4S/c1-12-21-16(11-27-12)13-5-7-14(8-6-13)22-20(23)15-9-18(25-3)19(26-4)10-17(15)24-2/h5-11H,1-4H3,(H,22,23). The molecule has 27 heavy (non-hydrogen) atoms. The normalized spacial score (nSPS) is 10.4. The number of aryl methyl sites for hydroxylation is 1. The number of rotatable bonds is 6. The molecule has 0 fully saturated rings. The zero-order valence-corrected chi connectivity index (χ0v) is 16.3. The molecule has 0 atom stereocenters. The van der Waals surface area contributed by atoms with Crippen molar-refractivity contribution in [3.8, 4) is 28.5 Å². The van der Waals surface area contributed by atoms with Gasteiger partial charge in [0.15, 0.2) is 11.5 Å². The van der Waals surface area contributed by atoms with Crippen molar-refractivity contribution >= 4 is 22.9 Å². The first-order valence-electron chi connectivity index (χ1n) is 8.19. The highest BCUT2D eigenvalue weighted by Gasteiger charge is 2.18. The molecule has 0 aliphatic heterocycles. The van der Waals surface area contributed by atoms with Crippen molar-refractivity contribution < 1.29 is 19.0 Å². The number of anilines is 1. The number of amides is 1. The molecular weight excluding hydrogens is 364 g/mol. The first-order valence-corrected chi connectivity index (χ1v) is 9.07. The Balaban J connectivity index is 1.82. The second-order valence-corrected chi connectivity index (χ2v) is 6.75. The van der Waals surface area contributed by atoms with Gasteiger partial charge in [-0.05, 0) is 19.1 Å². The second kappa shape index (κ2) is 8.09. The number of aromatic nitrogens is 1. The van der Waals surface area contributed by atoms with Crippen LogP contribution in [-0.4, -0.2) is 32.2 Å². The van der Waals surface area contributed by atoms with Gasteiger partial charge in [0.1, 0.15) is 5.75 Å². The van der Waals surface area contributed by atoms with Crippen LogP contribution < -0.4 is 19.5 Å². The van der Waals surface area contributed by atoms with Gasteiger partial charge >= 0.3 is 0 Å². The molecule has 0 saturated carbocycles.